The fourth-order valence-electron chi connectivity index (χ4n) is 4.04. The summed E-state index contributed by atoms with van der Waals surface area (Å²) in [5.41, 5.74) is 0. The van der Waals surface area contributed by atoms with Crippen LogP contribution in [0.5, 0.6) is 0 Å². The molecule has 162 valence electrons. The smallest absolute Gasteiger partial charge is 0.305 e. The lowest BCUT2D eigenvalue weighted by Crippen LogP contribution is -2.26. The minimum atomic E-state index is -1.83. The molecule has 3 rings (SSSR count). The molecule has 3 aromatic carbocycles. The number of ether oxygens (including phenoxy) is 1. The molecule has 0 spiro atoms. The highest BCUT2D eigenvalue weighted by atomic mass is 31.2. The number of hydrogen-bond acceptors (Lipinski definition) is 2. The third-order valence-corrected chi connectivity index (χ3v) is 9.68. The first-order chi connectivity index (χ1) is 15.3. The van der Waals surface area contributed by atoms with E-state index >= 15 is 0 Å². The quantitative estimate of drug-likeness (QED) is 0.221. The van der Waals surface area contributed by atoms with Gasteiger partial charge < -0.3 is 4.74 Å². The van der Waals surface area contributed by atoms with E-state index < -0.39 is 6.89 Å². The van der Waals surface area contributed by atoms with Crippen LogP contribution in [0.4, 0.5) is 0 Å². The van der Waals surface area contributed by atoms with Gasteiger partial charge in [-0.3, -0.25) is 4.79 Å². The molecule has 0 fully saturated rings. The maximum absolute atomic E-state index is 11.5. The maximum Gasteiger partial charge on any atom is 0.305 e. The molecule has 0 aliphatic carbocycles. The van der Waals surface area contributed by atoms with E-state index in [1.807, 2.05) is 6.92 Å². The fourth-order valence-corrected chi connectivity index (χ4v) is 8.06. The largest absolute Gasteiger partial charge is 0.466 e. The van der Waals surface area contributed by atoms with E-state index in [-0.39, 0.29) is 5.97 Å². The molecule has 3 aromatic rings. The van der Waals surface area contributed by atoms with E-state index in [1.165, 1.54) is 15.9 Å². The fraction of sp³-hybridized carbons (Fsp3) is 0.286. The number of benzene rings is 3. The zero-order chi connectivity index (χ0) is 21.8. The van der Waals surface area contributed by atoms with Crippen molar-refractivity contribution in [3.05, 3.63) is 91.0 Å². The van der Waals surface area contributed by atoms with Gasteiger partial charge in [-0.1, -0.05) is 110 Å². The first-order valence-electron chi connectivity index (χ1n) is 11.3. The molecule has 2 nitrogen and oxygen atoms in total. The minimum absolute atomic E-state index is 0.0729. The second-order valence-corrected chi connectivity index (χ2v) is 11.0. The van der Waals surface area contributed by atoms with Crippen LogP contribution in [0, 0.1) is 0 Å². The van der Waals surface area contributed by atoms with Gasteiger partial charge in [-0.2, -0.15) is 0 Å². The first-order valence-corrected chi connectivity index (χ1v) is 13.2. The Hall–Kier alpha value is -2.57. The Balaban J connectivity index is 1.84. The van der Waals surface area contributed by atoms with E-state index in [0.717, 1.165) is 32.1 Å². The molecule has 0 aliphatic heterocycles. The van der Waals surface area contributed by atoms with Crippen LogP contribution in [0.25, 0.3) is 0 Å². The van der Waals surface area contributed by atoms with E-state index in [0.29, 0.717) is 13.0 Å². The molecule has 0 heterocycles. The second-order valence-electron chi connectivity index (χ2n) is 7.67. The zero-order valence-corrected chi connectivity index (χ0v) is 19.3. The molecule has 0 saturated heterocycles. The van der Waals surface area contributed by atoms with Crippen LogP contribution < -0.4 is 15.9 Å². The topological polar surface area (TPSA) is 26.3 Å². The average molecular weight is 433 g/mol. The van der Waals surface area contributed by atoms with E-state index in [4.69, 9.17) is 4.74 Å². The summed E-state index contributed by atoms with van der Waals surface area (Å²) >= 11 is 0. The Kier molecular flexibility index (Phi) is 9.18. The molecule has 0 radical (unpaired) electrons. The Morgan fingerprint density at radius 2 is 1.16 bits per heavy atom. The van der Waals surface area contributed by atoms with Gasteiger partial charge in [0.1, 0.15) is 0 Å². The van der Waals surface area contributed by atoms with Gasteiger partial charge >= 0.3 is 5.97 Å². The lowest BCUT2D eigenvalue weighted by Gasteiger charge is -2.29. The molecule has 0 saturated carbocycles. The van der Waals surface area contributed by atoms with Crippen molar-refractivity contribution in [1.29, 1.82) is 0 Å². The maximum atomic E-state index is 11.5. The predicted molar refractivity (Wildman–Crippen MR) is 136 cm³/mol. The number of carbonyl (C=O) groups excluding carboxylic acids is 1. The molecule has 0 bridgehead atoms. The number of esters is 1. The third-order valence-electron chi connectivity index (χ3n) is 5.53. The van der Waals surface area contributed by atoms with Crippen molar-refractivity contribution in [2.75, 3.05) is 6.61 Å². The summed E-state index contributed by atoms with van der Waals surface area (Å²) in [6.07, 6.45) is 5.85. The summed E-state index contributed by atoms with van der Waals surface area (Å²) in [6, 6.07) is 32.9. The van der Waals surface area contributed by atoms with Gasteiger partial charge in [0.15, 0.2) is 0 Å². The molecule has 0 N–H and O–H groups in total. The van der Waals surface area contributed by atoms with Crippen LogP contribution in [-0.2, 0) is 9.53 Å². The van der Waals surface area contributed by atoms with Gasteiger partial charge in [-0.15, -0.1) is 0 Å². The van der Waals surface area contributed by atoms with Crippen LogP contribution in [0.15, 0.2) is 91.0 Å². The summed E-state index contributed by atoms with van der Waals surface area (Å²) < 4.78 is 5.02. The van der Waals surface area contributed by atoms with Gasteiger partial charge in [0, 0.05) is 6.42 Å². The highest BCUT2D eigenvalue weighted by Gasteiger charge is 2.24. The van der Waals surface area contributed by atoms with Gasteiger partial charge in [-0.25, -0.2) is 0 Å². The van der Waals surface area contributed by atoms with Crippen molar-refractivity contribution >= 4 is 34.6 Å². The van der Waals surface area contributed by atoms with Crippen molar-refractivity contribution in [1.82, 2.24) is 0 Å². The van der Waals surface area contributed by atoms with E-state index in [9.17, 15) is 4.79 Å². The van der Waals surface area contributed by atoms with Gasteiger partial charge in [0.25, 0.3) is 0 Å². The van der Waals surface area contributed by atoms with Crippen molar-refractivity contribution in [2.24, 2.45) is 0 Å². The summed E-state index contributed by atoms with van der Waals surface area (Å²) in [7, 11) is 0. The van der Waals surface area contributed by atoms with Crippen LogP contribution in [0.3, 0.4) is 0 Å². The molecule has 0 amide bonds. The highest BCUT2D eigenvalue weighted by molar-refractivity contribution is 7.94. The predicted octanol–water partition coefficient (Wildman–Crippen LogP) is 5.69. The summed E-state index contributed by atoms with van der Waals surface area (Å²) in [5.74, 6) is 2.52. The van der Waals surface area contributed by atoms with Crippen LogP contribution >= 0.6 is 6.89 Å². The van der Waals surface area contributed by atoms with E-state index in [2.05, 4.69) is 96.8 Å². The van der Waals surface area contributed by atoms with Gasteiger partial charge in [-0.05, 0) is 49.0 Å². The number of hydrogen-bond donors (Lipinski definition) is 0. The SMILES string of the molecule is CCOC(=O)CCCCCCC=P(c1ccccc1)(c1ccccc1)c1ccccc1. The Morgan fingerprint density at radius 1 is 0.710 bits per heavy atom. The van der Waals surface area contributed by atoms with Crippen molar-refractivity contribution in [2.45, 2.75) is 45.4 Å². The first kappa shape index (κ1) is 23.1. The summed E-state index contributed by atoms with van der Waals surface area (Å²) in [6.45, 7) is 0.494. The minimum Gasteiger partial charge on any atom is -0.466 e. The average Bonchev–Trinajstić information content (AvgIpc) is 2.83. The van der Waals surface area contributed by atoms with Crippen LogP contribution in [-0.4, -0.2) is 18.4 Å². The Labute approximate surface area is 187 Å². The molecule has 0 unspecified atom stereocenters. The Morgan fingerprint density at radius 3 is 1.61 bits per heavy atom. The highest BCUT2D eigenvalue weighted by Crippen LogP contribution is 2.44. The lowest BCUT2D eigenvalue weighted by molar-refractivity contribution is -0.143. The zero-order valence-electron chi connectivity index (χ0n) is 18.5. The van der Waals surface area contributed by atoms with Crippen molar-refractivity contribution in [3.63, 3.8) is 0 Å². The third kappa shape index (κ3) is 6.21. The number of rotatable bonds is 11. The molecule has 0 aliphatic rings. The van der Waals surface area contributed by atoms with Crippen LogP contribution in [0.2, 0.25) is 0 Å². The monoisotopic (exact) mass is 432 g/mol. The Bertz CT molecular complexity index is 862. The van der Waals surface area contributed by atoms with Gasteiger partial charge in [0.2, 0.25) is 0 Å². The number of carbonyl (C=O) groups is 1. The van der Waals surface area contributed by atoms with Gasteiger partial charge in [0.05, 0.1) is 6.61 Å². The van der Waals surface area contributed by atoms with Crippen molar-refractivity contribution < 1.29 is 9.53 Å². The second kappa shape index (κ2) is 12.3. The summed E-state index contributed by atoms with van der Waals surface area (Å²) in [4.78, 5) is 11.5. The standard InChI is InChI=1S/C28H33O2P/c1-2-30-28(29)23-15-4-3-5-16-24-31(25-17-9-6-10-18-25,26-19-11-7-12-20-26)27-21-13-8-14-22-27/h6-14,17-22,24H,2-5,15-16,23H2,1H3. The molecular formula is C28H33O2P. The molecule has 0 atom stereocenters. The molecule has 31 heavy (non-hydrogen) atoms. The van der Waals surface area contributed by atoms with E-state index in [1.54, 1.807) is 0 Å². The summed E-state index contributed by atoms with van der Waals surface area (Å²) in [5, 5.41) is 4.19. The normalized spacial score (nSPS) is 11.1. The van der Waals surface area contributed by atoms with Crippen LogP contribution in [0.1, 0.15) is 45.4 Å². The number of unbranched alkanes of at least 4 members (excludes halogenated alkanes) is 4. The molecular weight excluding hydrogens is 399 g/mol. The lowest BCUT2D eigenvalue weighted by atomic mass is 10.1. The molecule has 0 aromatic heterocycles. The molecule has 3 heteroatoms. The van der Waals surface area contributed by atoms with Crippen molar-refractivity contribution in [3.8, 4) is 0 Å².